The normalized spacial score (nSPS) is 12.4. The molecule has 78 valence electrons. The Morgan fingerprint density at radius 3 is 2.71 bits per heavy atom. The summed E-state index contributed by atoms with van der Waals surface area (Å²) in [6.45, 7) is 4.11. The largest absolute Gasteiger partial charge is 0.491 e. The molecule has 0 heterocycles. The fourth-order valence-electron chi connectivity index (χ4n) is 1.14. The van der Waals surface area contributed by atoms with Crippen LogP contribution in [0.15, 0.2) is 30.3 Å². The summed E-state index contributed by atoms with van der Waals surface area (Å²) in [6.07, 6.45) is -0.393. The number of nitrogens with two attached hydrogens (primary N) is 1. The molecule has 0 amide bonds. The first kappa shape index (κ1) is 11.0. The Morgan fingerprint density at radius 1 is 1.36 bits per heavy atom. The second-order valence-electron chi connectivity index (χ2n) is 3.21. The van der Waals surface area contributed by atoms with Crippen LogP contribution in [-0.4, -0.2) is 30.9 Å². The van der Waals surface area contributed by atoms with E-state index in [-0.39, 0.29) is 0 Å². The van der Waals surface area contributed by atoms with Gasteiger partial charge in [-0.15, -0.1) is 0 Å². The molecule has 0 unspecified atom stereocenters. The van der Waals surface area contributed by atoms with Gasteiger partial charge in [0, 0.05) is 0 Å². The SMILES string of the molecule is CC[NH2+]C[C@@H](O)COc1ccccc1. The Hall–Kier alpha value is -1.06. The molecule has 0 radical (unpaired) electrons. The lowest BCUT2D eigenvalue weighted by Crippen LogP contribution is -2.86. The number of hydrogen-bond acceptors (Lipinski definition) is 2. The maximum Gasteiger partial charge on any atom is 0.137 e. The van der Waals surface area contributed by atoms with Gasteiger partial charge < -0.3 is 15.2 Å². The number of para-hydroxylation sites is 1. The van der Waals surface area contributed by atoms with E-state index >= 15 is 0 Å². The molecule has 1 aromatic rings. The molecule has 3 heteroatoms. The Kier molecular flexibility index (Phi) is 5.04. The van der Waals surface area contributed by atoms with Crippen LogP contribution in [0.25, 0.3) is 0 Å². The molecule has 14 heavy (non-hydrogen) atoms. The topological polar surface area (TPSA) is 46.1 Å². The van der Waals surface area contributed by atoms with E-state index in [4.69, 9.17) is 4.74 Å². The minimum absolute atomic E-state index is 0.362. The molecule has 0 saturated heterocycles. The number of aliphatic hydroxyl groups excluding tert-OH is 1. The van der Waals surface area contributed by atoms with Crippen LogP contribution in [0.3, 0.4) is 0 Å². The molecule has 1 atom stereocenters. The summed E-state index contributed by atoms with van der Waals surface area (Å²) in [6, 6.07) is 9.54. The second kappa shape index (κ2) is 6.40. The van der Waals surface area contributed by atoms with E-state index < -0.39 is 6.10 Å². The first-order valence-corrected chi connectivity index (χ1v) is 5.00. The van der Waals surface area contributed by atoms with E-state index in [9.17, 15) is 5.11 Å². The average molecular weight is 196 g/mol. The van der Waals surface area contributed by atoms with E-state index in [1.807, 2.05) is 30.3 Å². The predicted octanol–water partition coefficient (Wildman–Crippen LogP) is 0.00960. The van der Waals surface area contributed by atoms with Gasteiger partial charge in [0.2, 0.25) is 0 Å². The highest BCUT2D eigenvalue weighted by Crippen LogP contribution is 2.07. The third-order valence-corrected chi connectivity index (χ3v) is 1.91. The summed E-state index contributed by atoms with van der Waals surface area (Å²) in [4.78, 5) is 0. The summed E-state index contributed by atoms with van der Waals surface area (Å²) in [5.41, 5.74) is 0. The minimum atomic E-state index is -0.393. The van der Waals surface area contributed by atoms with Gasteiger partial charge in [-0.2, -0.15) is 0 Å². The molecular weight excluding hydrogens is 178 g/mol. The monoisotopic (exact) mass is 196 g/mol. The van der Waals surface area contributed by atoms with Crippen molar-refractivity contribution in [3.63, 3.8) is 0 Å². The number of ether oxygens (including phenoxy) is 1. The summed E-state index contributed by atoms with van der Waals surface area (Å²) in [5, 5.41) is 11.5. The minimum Gasteiger partial charge on any atom is -0.491 e. The third kappa shape index (κ3) is 4.25. The summed E-state index contributed by atoms with van der Waals surface area (Å²) in [5.74, 6) is 0.808. The zero-order valence-electron chi connectivity index (χ0n) is 8.52. The van der Waals surface area contributed by atoms with Crippen molar-refractivity contribution in [2.75, 3.05) is 19.7 Å². The smallest absolute Gasteiger partial charge is 0.137 e. The molecule has 0 aromatic heterocycles. The van der Waals surface area contributed by atoms with Gasteiger partial charge in [-0.05, 0) is 19.1 Å². The summed E-state index contributed by atoms with van der Waals surface area (Å²) in [7, 11) is 0. The molecule has 0 aliphatic carbocycles. The van der Waals surface area contributed by atoms with Crippen molar-refractivity contribution < 1.29 is 15.2 Å². The van der Waals surface area contributed by atoms with Crippen molar-refractivity contribution >= 4 is 0 Å². The van der Waals surface area contributed by atoms with Gasteiger partial charge in [0.1, 0.15) is 25.0 Å². The first-order valence-electron chi connectivity index (χ1n) is 5.00. The standard InChI is InChI=1S/C11H17NO2/c1-2-12-8-10(13)9-14-11-6-4-3-5-7-11/h3-7,10,12-13H,2,8-9H2,1H3/p+1/t10-/m1/s1. The van der Waals surface area contributed by atoms with Crippen molar-refractivity contribution in [3.05, 3.63) is 30.3 Å². The summed E-state index contributed by atoms with van der Waals surface area (Å²) < 4.78 is 5.39. The number of aliphatic hydroxyl groups is 1. The first-order chi connectivity index (χ1) is 6.83. The van der Waals surface area contributed by atoms with E-state index in [1.165, 1.54) is 0 Å². The van der Waals surface area contributed by atoms with E-state index in [0.29, 0.717) is 13.2 Å². The van der Waals surface area contributed by atoms with Crippen molar-refractivity contribution in [1.82, 2.24) is 0 Å². The highest BCUT2D eigenvalue weighted by Gasteiger charge is 2.05. The van der Waals surface area contributed by atoms with Gasteiger partial charge >= 0.3 is 0 Å². The maximum atomic E-state index is 9.49. The van der Waals surface area contributed by atoms with Crippen LogP contribution in [0.4, 0.5) is 0 Å². The zero-order valence-corrected chi connectivity index (χ0v) is 8.52. The van der Waals surface area contributed by atoms with Crippen LogP contribution in [-0.2, 0) is 0 Å². The molecular formula is C11H18NO2+. The molecule has 3 nitrogen and oxygen atoms in total. The quantitative estimate of drug-likeness (QED) is 0.673. The van der Waals surface area contributed by atoms with Crippen LogP contribution in [0.5, 0.6) is 5.75 Å². The van der Waals surface area contributed by atoms with Crippen LogP contribution in [0.2, 0.25) is 0 Å². The lowest BCUT2D eigenvalue weighted by atomic mass is 10.3. The highest BCUT2D eigenvalue weighted by atomic mass is 16.5. The van der Waals surface area contributed by atoms with E-state index in [1.54, 1.807) is 0 Å². The van der Waals surface area contributed by atoms with Crippen molar-refractivity contribution in [2.45, 2.75) is 13.0 Å². The number of rotatable bonds is 6. The Labute approximate surface area is 84.7 Å². The fourth-order valence-corrected chi connectivity index (χ4v) is 1.14. The molecule has 0 bridgehead atoms. The molecule has 0 aliphatic rings. The molecule has 1 rings (SSSR count). The van der Waals surface area contributed by atoms with Gasteiger partial charge in [0.05, 0.1) is 6.54 Å². The van der Waals surface area contributed by atoms with Gasteiger partial charge in [0.25, 0.3) is 0 Å². The van der Waals surface area contributed by atoms with Gasteiger partial charge in [0.15, 0.2) is 0 Å². The predicted molar refractivity (Wildman–Crippen MR) is 55.3 cm³/mol. The van der Waals surface area contributed by atoms with Crippen molar-refractivity contribution in [1.29, 1.82) is 0 Å². The van der Waals surface area contributed by atoms with Gasteiger partial charge in [-0.25, -0.2) is 0 Å². The average Bonchev–Trinajstić information content (AvgIpc) is 2.25. The third-order valence-electron chi connectivity index (χ3n) is 1.91. The second-order valence-corrected chi connectivity index (χ2v) is 3.21. The molecule has 0 saturated carbocycles. The Balaban J connectivity index is 2.20. The van der Waals surface area contributed by atoms with Crippen LogP contribution < -0.4 is 10.1 Å². The number of quaternary nitrogens is 1. The Bertz CT molecular complexity index is 238. The molecule has 0 spiro atoms. The molecule has 1 aromatic carbocycles. The van der Waals surface area contributed by atoms with Gasteiger partial charge in [-0.3, -0.25) is 0 Å². The van der Waals surface area contributed by atoms with Crippen LogP contribution in [0, 0.1) is 0 Å². The Morgan fingerprint density at radius 2 is 2.07 bits per heavy atom. The van der Waals surface area contributed by atoms with Crippen molar-refractivity contribution in [3.8, 4) is 5.75 Å². The van der Waals surface area contributed by atoms with E-state index in [2.05, 4.69) is 12.2 Å². The number of likely N-dealkylation sites (N-methyl/N-ethyl adjacent to an activating group) is 1. The fraction of sp³-hybridized carbons (Fsp3) is 0.455. The zero-order chi connectivity index (χ0) is 10.2. The van der Waals surface area contributed by atoms with Crippen LogP contribution in [0.1, 0.15) is 6.92 Å². The van der Waals surface area contributed by atoms with Crippen molar-refractivity contribution in [2.24, 2.45) is 0 Å². The number of hydrogen-bond donors (Lipinski definition) is 2. The van der Waals surface area contributed by atoms with E-state index in [0.717, 1.165) is 12.3 Å². The van der Waals surface area contributed by atoms with Gasteiger partial charge in [-0.1, -0.05) is 18.2 Å². The molecule has 0 aliphatic heterocycles. The maximum absolute atomic E-state index is 9.49. The van der Waals surface area contributed by atoms with Crippen LogP contribution >= 0.6 is 0 Å². The summed E-state index contributed by atoms with van der Waals surface area (Å²) >= 11 is 0. The molecule has 0 fully saturated rings. The lowest BCUT2D eigenvalue weighted by molar-refractivity contribution is -0.658. The highest BCUT2D eigenvalue weighted by molar-refractivity contribution is 5.20. The number of benzene rings is 1. The lowest BCUT2D eigenvalue weighted by Gasteiger charge is -2.10. The molecule has 3 N–H and O–H groups in total.